The van der Waals surface area contributed by atoms with Crippen LogP contribution in [0.1, 0.15) is 33.4 Å². The third kappa shape index (κ3) is 4.53. The minimum atomic E-state index is -4.56. The molecule has 0 bridgehead atoms. The van der Waals surface area contributed by atoms with Crippen LogP contribution >= 0.6 is 11.8 Å². The number of H-pyrrole nitrogens is 1. The minimum absolute atomic E-state index is 0.0878. The fourth-order valence-corrected chi connectivity index (χ4v) is 3.48. The van der Waals surface area contributed by atoms with Gasteiger partial charge in [-0.2, -0.15) is 18.3 Å². The zero-order valence-electron chi connectivity index (χ0n) is 17.0. The van der Waals surface area contributed by atoms with Crippen molar-refractivity contribution >= 4 is 29.3 Å². The maximum Gasteiger partial charge on any atom is 0.433 e. The first-order valence-electron chi connectivity index (χ1n) is 9.01. The highest BCUT2D eigenvalue weighted by Gasteiger charge is 2.33. The summed E-state index contributed by atoms with van der Waals surface area (Å²) < 4.78 is 45.6. The van der Waals surface area contributed by atoms with E-state index in [1.54, 1.807) is 27.8 Å². The van der Waals surface area contributed by atoms with E-state index < -0.39 is 23.6 Å². The van der Waals surface area contributed by atoms with E-state index in [0.717, 1.165) is 12.4 Å². The molecule has 3 aromatic heterocycles. The van der Waals surface area contributed by atoms with E-state index in [9.17, 15) is 18.0 Å². The molecule has 0 fully saturated rings. The number of aromatic amines is 1. The lowest BCUT2D eigenvalue weighted by atomic mass is 10.2. The first-order valence-corrected chi connectivity index (χ1v) is 9.99. The van der Waals surface area contributed by atoms with Crippen molar-refractivity contribution in [3.05, 3.63) is 24.3 Å². The molecule has 0 aromatic carbocycles. The van der Waals surface area contributed by atoms with Crippen molar-refractivity contribution in [2.24, 2.45) is 0 Å². The second-order valence-electron chi connectivity index (χ2n) is 7.39. The Hall–Kier alpha value is -2.76. The molecule has 0 saturated heterocycles. The second-order valence-corrected chi connectivity index (χ2v) is 8.66. The number of aromatic nitrogens is 5. The molecule has 1 N–H and O–H groups in total. The van der Waals surface area contributed by atoms with Gasteiger partial charge in [-0.25, -0.2) is 14.8 Å². The molecule has 0 spiro atoms. The van der Waals surface area contributed by atoms with Gasteiger partial charge in [-0.1, -0.05) is 6.92 Å². The average molecular weight is 442 g/mol. The largest absolute Gasteiger partial charge is 0.443 e. The molecule has 3 heterocycles. The molecular weight excluding hydrogens is 421 g/mol. The van der Waals surface area contributed by atoms with Crippen molar-refractivity contribution in [1.82, 2.24) is 24.6 Å². The van der Waals surface area contributed by atoms with Gasteiger partial charge in [-0.3, -0.25) is 14.4 Å². The molecule has 8 nitrogen and oxygen atoms in total. The predicted octanol–water partition coefficient (Wildman–Crippen LogP) is 4.62. The Morgan fingerprint density at radius 1 is 1.33 bits per heavy atom. The lowest BCUT2D eigenvalue weighted by molar-refractivity contribution is -0.141. The third-order valence-corrected chi connectivity index (χ3v) is 4.84. The van der Waals surface area contributed by atoms with Crippen LogP contribution in [0.15, 0.2) is 23.5 Å². The number of hydrogen-bond acceptors (Lipinski definition) is 6. The molecule has 30 heavy (non-hydrogen) atoms. The zero-order valence-corrected chi connectivity index (χ0v) is 17.9. The molecule has 162 valence electrons. The van der Waals surface area contributed by atoms with E-state index in [1.807, 2.05) is 6.92 Å². The Morgan fingerprint density at radius 3 is 2.63 bits per heavy atom. The van der Waals surface area contributed by atoms with E-state index in [2.05, 4.69) is 20.2 Å². The van der Waals surface area contributed by atoms with Gasteiger partial charge in [0.25, 0.3) is 0 Å². The van der Waals surface area contributed by atoms with Crippen molar-refractivity contribution in [2.75, 3.05) is 17.7 Å². The number of amides is 1. The number of anilines is 1. The highest BCUT2D eigenvalue weighted by molar-refractivity contribution is 7.99. The van der Waals surface area contributed by atoms with Crippen LogP contribution in [-0.4, -0.2) is 49.1 Å². The maximum absolute atomic E-state index is 12.9. The Morgan fingerprint density at radius 2 is 2.03 bits per heavy atom. The van der Waals surface area contributed by atoms with Crippen LogP contribution in [-0.2, 0) is 10.9 Å². The summed E-state index contributed by atoms with van der Waals surface area (Å²) in [6.45, 7) is 7.22. The summed E-state index contributed by atoms with van der Waals surface area (Å²) >= 11 is 1.42. The first kappa shape index (κ1) is 21.9. The molecule has 0 atom stereocenters. The number of imidazole rings is 1. The van der Waals surface area contributed by atoms with Crippen LogP contribution in [0.4, 0.5) is 23.8 Å². The standard InChI is InChI=1S/C18H21F3N6O2S/c1-6-30-14-13(24-25-15(14)26(5)16(28)29-17(2,3)4)10-8-27-9-22-11(18(19,20)21)7-12(27)23-10/h7-9H,6H2,1-5H3,(H,24,25). The van der Waals surface area contributed by atoms with Crippen LogP contribution in [0.3, 0.4) is 0 Å². The van der Waals surface area contributed by atoms with Gasteiger partial charge in [0.1, 0.15) is 40.5 Å². The van der Waals surface area contributed by atoms with Gasteiger partial charge in [0, 0.05) is 19.3 Å². The number of hydrogen-bond donors (Lipinski definition) is 1. The number of rotatable bonds is 4. The number of nitrogens with zero attached hydrogens (tertiary/aromatic N) is 5. The van der Waals surface area contributed by atoms with Crippen molar-refractivity contribution in [1.29, 1.82) is 0 Å². The number of nitrogens with one attached hydrogen (secondary N) is 1. The number of alkyl halides is 3. The summed E-state index contributed by atoms with van der Waals surface area (Å²) in [5, 5.41) is 7.07. The minimum Gasteiger partial charge on any atom is -0.443 e. The van der Waals surface area contributed by atoms with Crippen molar-refractivity contribution in [3.63, 3.8) is 0 Å². The molecule has 0 aliphatic heterocycles. The Kier molecular flexibility index (Phi) is 5.72. The van der Waals surface area contributed by atoms with E-state index >= 15 is 0 Å². The number of carbonyl (C=O) groups excluding carboxylic acids is 1. The van der Waals surface area contributed by atoms with Crippen LogP contribution in [0, 0.1) is 0 Å². The number of halogens is 3. The van der Waals surface area contributed by atoms with Crippen LogP contribution < -0.4 is 4.90 Å². The lowest BCUT2D eigenvalue weighted by Crippen LogP contribution is -2.34. The first-order chi connectivity index (χ1) is 13.9. The van der Waals surface area contributed by atoms with E-state index in [0.29, 0.717) is 27.9 Å². The fraction of sp³-hybridized carbons (Fsp3) is 0.444. The van der Waals surface area contributed by atoms with Gasteiger partial charge in [0.05, 0.1) is 4.90 Å². The van der Waals surface area contributed by atoms with Crippen LogP contribution in [0.2, 0.25) is 0 Å². The second kappa shape index (κ2) is 7.82. The van der Waals surface area contributed by atoms with E-state index in [1.165, 1.54) is 27.3 Å². The van der Waals surface area contributed by atoms with Crippen LogP contribution in [0.5, 0.6) is 0 Å². The molecule has 3 rings (SSSR count). The fourth-order valence-electron chi connectivity index (χ4n) is 2.59. The van der Waals surface area contributed by atoms with Gasteiger partial charge in [0.15, 0.2) is 0 Å². The van der Waals surface area contributed by atoms with Gasteiger partial charge in [0.2, 0.25) is 0 Å². The lowest BCUT2D eigenvalue weighted by Gasteiger charge is -2.24. The summed E-state index contributed by atoms with van der Waals surface area (Å²) in [7, 11) is 1.55. The Labute approximate surface area is 174 Å². The molecular formula is C18H21F3N6O2S. The summed E-state index contributed by atoms with van der Waals surface area (Å²) in [6, 6.07) is 0.872. The van der Waals surface area contributed by atoms with Crippen LogP contribution in [0.25, 0.3) is 17.0 Å². The average Bonchev–Trinajstić information content (AvgIpc) is 3.22. The number of thioether (sulfide) groups is 1. The SMILES string of the molecule is CCSc1c(-c2cn3cnc(C(F)(F)F)cc3n2)n[nH]c1N(C)C(=O)OC(C)(C)C. The molecule has 0 unspecified atom stereocenters. The van der Waals surface area contributed by atoms with Gasteiger partial charge < -0.3 is 4.74 Å². The maximum atomic E-state index is 12.9. The summed E-state index contributed by atoms with van der Waals surface area (Å²) in [5.41, 5.74) is -0.832. The summed E-state index contributed by atoms with van der Waals surface area (Å²) in [4.78, 5) is 22.1. The molecule has 0 saturated carbocycles. The molecule has 0 radical (unpaired) electrons. The highest BCUT2D eigenvalue weighted by atomic mass is 32.2. The van der Waals surface area contributed by atoms with Gasteiger partial charge in [-0.05, 0) is 26.5 Å². The Balaban J connectivity index is 2.01. The third-order valence-electron chi connectivity index (χ3n) is 3.88. The van der Waals surface area contributed by atoms with Gasteiger partial charge in [-0.15, -0.1) is 11.8 Å². The summed E-state index contributed by atoms with van der Waals surface area (Å²) in [6.07, 6.45) is -2.53. The topological polar surface area (TPSA) is 88.4 Å². The predicted molar refractivity (Wildman–Crippen MR) is 107 cm³/mol. The normalized spacial score (nSPS) is 12.4. The number of fused-ring (bicyclic) bond motifs is 1. The Bertz CT molecular complexity index is 1070. The molecule has 0 aliphatic carbocycles. The quantitative estimate of drug-likeness (QED) is 0.593. The van der Waals surface area contributed by atoms with E-state index in [-0.39, 0.29) is 5.65 Å². The van der Waals surface area contributed by atoms with Gasteiger partial charge >= 0.3 is 12.3 Å². The molecule has 12 heteroatoms. The summed E-state index contributed by atoms with van der Waals surface area (Å²) in [5.74, 6) is 1.09. The molecule has 1 amide bonds. The number of ether oxygens (including phenoxy) is 1. The molecule has 0 aliphatic rings. The van der Waals surface area contributed by atoms with Crippen molar-refractivity contribution in [3.8, 4) is 11.4 Å². The molecule has 3 aromatic rings. The van der Waals surface area contributed by atoms with Crippen molar-refractivity contribution in [2.45, 2.75) is 44.4 Å². The van der Waals surface area contributed by atoms with Crippen molar-refractivity contribution < 1.29 is 22.7 Å². The smallest absolute Gasteiger partial charge is 0.433 e. The monoisotopic (exact) mass is 442 g/mol. The highest BCUT2D eigenvalue weighted by Crippen LogP contribution is 2.37. The van der Waals surface area contributed by atoms with E-state index in [4.69, 9.17) is 4.74 Å². The zero-order chi connectivity index (χ0) is 22.3. The number of carbonyl (C=O) groups is 1.